The summed E-state index contributed by atoms with van der Waals surface area (Å²) in [5, 5.41) is 3.09. The number of nitrogens with one attached hydrogen (secondary N) is 2. The van der Waals surface area contributed by atoms with Crippen LogP contribution in [0.25, 0.3) is 0 Å². The minimum atomic E-state index is -0.0886. The van der Waals surface area contributed by atoms with E-state index in [9.17, 15) is 9.59 Å². The van der Waals surface area contributed by atoms with Crippen molar-refractivity contribution in [3.8, 4) is 0 Å². The van der Waals surface area contributed by atoms with Crippen molar-refractivity contribution in [2.24, 2.45) is 0 Å². The second-order valence-corrected chi connectivity index (χ2v) is 8.16. The molecule has 1 saturated heterocycles. The molecule has 0 saturated carbocycles. The highest BCUT2D eigenvalue weighted by Crippen LogP contribution is 2.51. The number of carbonyl (C=O) groups excluding carboxylic acids is 2. The van der Waals surface area contributed by atoms with Crippen molar-refractivity contribution in [3.05, 3.63) is 59.4 Å². The van der Waals surface area contributed by atoms with Crippen LogP contribution in [0.4, 0.5) is 0 Å². The first-order chi connectivity index (χ1) is 13.0. The van der Waals surface area contributed by atoms with E-state index in [1.807, 2.05) is 36.9 Å². The van der Waals surface area contributed by atoms with Gasteiger partial charge in [0.25, 0.3) is 5.91 Å². The quantitative estimate of drug-likeness (QED) is 0.877. The molecule has 0 unspecified atom stereocenters. The highest BCUT2D eigenvalue weighted by atomic mass is 16.2. The fraction of sp³-hybridized carbons (Fsp3) is 0.455. The molecular formula is C22H27N3O2. The molecule has 2 aromatic rings. The van der Waals surface area contributed by atoms with Gasteiger partial charge in [-0.2, -0.15) is 0 Å². The van der Waals surface area contributed by atoms with Crippen LogP contribution < -0.4 is 5.32 Å². The van der Waals surface area contributed by atoms with Gasteiger partial charge in [-0.05, 0) is 56.4 Å². The summed E-state index contributed by atoms with van der Waals surface area (Å²) in [5.74, 6) is 0.101. The molecule has 1 aliphatic carbocycles. The van der Waals surface area contributed by atoms with Crippen LogP contribution in [0.15, 0.2) is 42.6 Å². The average Bonchev–Trinajstić information content (AvgIpc) is 3.29. The third-order valence-electron chi connectivity index (χ3n) is 6.09. The summed E-state index contributed by atoms with van der Waals surface area (Å²) < 4.78 is 0. The van der Waals surface area contributed by atoms with Gasteiger partial charge in [0.05, 0.1) is 5.92 Å². The summed E-state index contributed by atoms with van der Waals surface area (Å²) in [7, 11) is 0. The van der Waals surface area contributed by atoms with Crippen LogP contribution in [0.2, 0.25) is 0 Å². The minimum Gasteiger partial charge on any atom is -0.357 e. The lowest BCUT2D eigenvalue weighted by Gasteiger charge is -2.40. The Balaban J connectivity index is 1.54. The molecule has 4 rings (SSSR count). The predicted octanol–water partition coefficient (Wildman–Crippen LogP) is 3.20. The van der Waals surface area contributed by atoms with E-state index in [0.29, 0.717) is 5.69 Å². The third kappa shape index (κ3) is 3.15. The zero-order valence-corrected chi connectivity index (χ0v) is 16.0. The number of aromatic nitrogens is 1. The van der Waals surface area contributed by atoms with E-state index in [1.54, 1.807) is 6.20 Å². The molecule has 1 aromatic carbocycles. The Hall–Kier alpha value is -2.56. The Morgan fingerprint density at radius 2 is 1.89 bits per heavy atom. The topological polar surface area (TPSA) is 65.2 Å². The van der Waals surface area contributed by atoms with Gasteiger partial charge in [0.1, 0.15) is 5.69 Å². The van der Waals surface area contributed by atoms with Crippen molar-refractivity contribution in [1.82, 2.24) is 15.2 Å². The molecule has 27 heavy (non-hydrogen) atoms. The van der Waals surface area contributed by atoms with E-state index in [0.717, 1.165) is 32.4 Å². The Morgan fingerprint density at radius 3 is 2.56 bits per heavy atom. The van der Waals surface area contributed by atoms with E-state index in [4.69, 9.17) is 0 Å². The first-order valence-electron chi connectivity index (χ1n) is 9.83. The lowest BCUT2D eigenvalue weighted by atomic mass is 9.73. The van der Waals surface area contributed by atoms with Crippen LogP contribution in [0.1, 0.15) is 60.6 Å². The van der Waals surface area contributed by atoms with Crippen LogP contribution in [0.5, 0.6) is 0 Å². The highest BCUT2D eigenvalue weighted by Gasteiger charge is 2.47. The number of carbonyl (C=O) groups is 2. The number of benzene rings is 1. The number of hydrogen-bond acceptors (Lipinski definition) is 2. The fourth-order valence-corrected chi connectivity index (χ4v) is 4.76. The SMILES string of the molecule is CC(C)NC(=O)[C@H]1CC2(CCN(C(=O)c3ccc[nH]3)CC2)c2ccccc21. The van der Waals surface area contributed by atoms with Crippen LogP contribution in [-0.4, -0.2) is 40.8 Å². The molecule has 1 atom stereocenters. The summed E-state index contributed by atoms with van der Waals surface area (Å²) in [5.41, 5.74) is 3.12. The molecule has 0 bridgehead atoms. The van der Waals surface area contributed by atoms with E-state index in [1.165, 1.54) is 11.1 Å². The van der Waals surface area contributed by atoms with E-state index in [2.05, 4.69) is 28.5 Å². The molecule has 5 heteroatoms. The molecule has 5 nitrogen and oxygen atoms in total. The van der Waals surface area contributed by atoms with Crippen molar-refractivity contribution in [2.45, 2.75) is 50.5 Å². The van der Waals surface area contributed by atoms with Crippen LogP contribution in [0, 0.1) is 0 Å². The van der Waals surface area contributed by atoms with Crippen molar-refractivity contribution in [1.29, 1.82) is 0 Å². The Kier molecular flexibility index (Phi) is 4.54. The molecule has 2 heterocycles. The Bertz CT molecular complexity index is 833. The van der Waals surface area contributed by atoms with Gasteiger partial charge in [-0.3, -0.25) is 9.59 Å². The fourth-order valence-electron chi connectivity index (χ4n) is 4.76. The monoisotopic (exact) mass is 365 g/mol. The van der Waals surface area contributed by atoms with Gasteiger partial charge < -0.3 is 15.2 Å². The second-order valence-electron chi connectivity index (χ2n) is 8.16. The molecular weight excluding hydrogens is 338 g/mol. The maximum Gasteiger partial charge on any atom is 0.270 e. The van der Waals surface area contributed by atoms with Gasteiger partial charge >= 0.3 is 0 Å². The van der Waals surface area contributed by atoms with E-state index >= 15 is 0 Å². The number of nitrogens with zero attached hydrogens (tertiary/aromatic N) is 1. The smallest absolute Gasteiger partial charge is 0.270 e. The summed E-state index contributed by atoms with van der Waals surface area (Å²) in [6, 6.07) is 12.2. The normalized spacial score (nSPS) is 20.7. The molecule has 1 aliphatic heterocycles. The van der Waals surface area contributed by atoms with Gasteiger partial charge in [-0.1, -0.05) is 24.3 Å². The summed E-state index contributed by atoms with van der Waals surface area (Å²) in [6.07, 6.45) is 4.43. The summed E-state index contributed by atoms with van der Waals surface area (Å²) in [4.78, 5) is 30.4. The third-order valence-corrected chi connectivity index (χ3v) is 6.09. The van der Waals surface area contributed by atoms with Crippen molar-refractivity contribution < 1.29 is 9.59 Å². The van der Waals surface area contributed by atoms with Crippen molar-refractivity contribution in [2.75, 3.05) is 13.1 Å². The van der Waals surface area contributed by atoms with E-state index in [-0.39, 0.29) is 29.2 Å². The largest absolute Gasteiger partial charge is 0.357 e. The second kappa shape index (κ2) is 6.87. The molecule has 2 amide bonds. The first-order valence-corrected chi connectivity index (χ1v) is 9.83. The number of aromatic amines is 1. The van der Waals surface area contributed by atoms with Crippen molar-refractivity contribution >= 4 is 11.8 Å². The molecule has 0 radical (unpaired) electrons. The standard InChI is InChI=1S/C22H27N3O2/c1-15(2)24-20(26)17-14-22(18-7-4-3-6-16(17)18)9-12-25(13-10-22)21(27)19-8-5-11-23-19/h3-8,11,15,17,23H,9-10,12-14H2,1-2H3,(H,24,26)/t17-/m0/s1. The lowest BCUT2D eigenvalue weighted by molar-refractivity contribution is -0.123. The number of piperidine rings is 1. The molecule has 2 aliphatic rings. The number of amides is 2. The molecule has 1 fully saturated rings. The van der Waals surface area contributed by atoms with Gasteiger partial charge in [0, 0.05) is 30.7 Å². The number of fused-ring (bicyclic) bond motifs is 2. The van der Waals surface area contributed by atoms with Crippen LogP contribution in [-0.2, 0) is 10.2 Å². The van der Waals surface area contributed by atoms with Crippen molar-refractivity contribution in [3.63, 3.8) is 0 Å². The van der Waals surface area contributed by atoms with E-state index < -0.39 is 0 Å². The van der Waals surface area contributed by atoms with Gasteiger partial charge in [0.2, 0.25) is 5.91 Å². The number of hydrogen-bond donors (Lipinski definition) is 2. The minimum absolute atomic E-state index is 0.00208. The average molecular weight is 365 g/mol. The summed E-state index contributed by atoms with van der Waals surface area (Å²) >= 11 is 0. The van der Waals surface area contributed by atoms with Gasteiger partial charge in [-0.25, -0.2) is 0 Å². The van der Waals surface area contributed by atoms with Gasteiger partial charge in [0.15, 0.2) is 0 Å². The first kappa shape index (κ1) is 17.8. The lowest BCUT2D eigenvalue weighted by Crippen LogP contribution is -2.45. The Morgan fingerprint density at radius 1 is 1.15 bits per heavy atom. The van der Waals surface area contributed by atoms with Gasteiger partial charge in [-0.15, -0.1) is 0 Å². The maximum absolute atomic E-state index is 12.8. The van der Waals surface area contributed by atoms with Crippen LogP contribution in [0.3, 0.4) is 0 Å². The molecule has 142 valence electrons. The molecule has 1 spiro atoms. The van der Waals surface area contributed by atoms with Crippen LogP contribution >= 0.6 is 0 Å². The Labute approximate surface area is 160 Å². The maximum atomic E-state index is 12.8. The zero-order chi connectivity index (χ0) is 19.0. The number of likely N-dealkylation sites (tertiary alicyclic amines) is 1. The molecule has 2 N–H and O–H groups in total. The molecule has 1 aromatic heterocycles. The number of rotatable bonds is 3. The highest BCUT2D eigenvalue weighted by molar-refractivity contribution is 5.92. The predicted molar refractivity (Wildman–Crippen MR) is 105 cm³/mol. The zero-order valence-electron chi connectivity index (χ0n) is 16.0. The summed E-state index contributed by atoms with van der Waals surface area (Å²) in [6.45, 7) is 5.45. The number of H-pyrrole nitrogens is 1.